The van der Waals surface area contributed by atoms with Crippen LogP contribution < -0.4 is 0 Å². The van der Waals surface area contributed by atoms with Gasteiger partial charge >= 0.3 is 0 Å². The van der Waals surface area contributed by atoms with E-state index in [0.717, 1.165) is 17.5 Å². The number of hydrogen-bond acceptors (Lipinski definition) is 3. The minimum atomic E-state index is -3.48. The number of rotatable bonds is 4. The van der Waals surface area contributed by atoms with Gasteiger partial charge in [-0.2, -0.15) is 4.31 Å². The number of carbonyl (C=O) groups is 1. The fourth-order valence-electron chi connectivity index (χ4n) is 2.67. The van der Waals surface area contributed by atoms with Gasteiger partial charge in [0, 0.05) is 20.6 Å². The second-order valence-corrected chi connectivity index (χ2v) is 7.61. The van der Waals surface area contributed by atoms with Crippen molar-refractivity contribution in [1.29, 1.82) is 0 Å². The minimum Gasteiger partial charge on any atom is -0.347 e. The van der Waals surface area contributed by atoms with E-state index < -0.39 is 16.1 Å². The molecule has 1 fully saturated rings. The highest BCUT2D eigenvalue weighted by Gasteiger charge is 2.39. The summed E-state index contributed by atoms with van der Waals surface area (Å²) < 4.78 is 26.7. The topological polar surface area (TPSA) is 57.7 Å². The van der Waals surface area contributed by atoms with Gasteiger partial charge in [-0.05, 0) is 30.9 Å². The van der Waals surface area contributed by atoms with Crippen LogP contribution in [-0.4, -0.2) is 50.2 Å². The second kappa shape index (κ2) is 6.15. The molecule has 0 radical (unpaired) electrons. The summed E-state index contributed by atoms with van der Waals surface area (Å²) in [4.78, 5) is 13.6. The first-order chi connectivity index (χ1) is 9.83. The van der Waals surface area contributed by atoms with Crippen LogP contribution in [0.4, 0.5) is 0 Å². The zero-order valence-electron chi connectivity index (χ0n) is 12.7. The number of likely N-dealkylation sites (N-methyl/N-ethyl adjacent to an activating group) is 1. The highest BCUT2D eigenvalue weighted by molar-refractivity contribution is 7.88. The largest absolute Gasteiger partial charge is 0.347 e. The number of amides is 1. The molecule has 1 aromatic carbocycles. The molecule has 0 saturated carbocycles. The summed E-state index contributed by atoms with van der Waals surface area (Å²) >= 11 is 0. The van der Waals surface area contributed by atoms with E-state index in [1.807, 2.05) is 31.2 Å². The van der Waals surface area contributed by atoms with Crippen molar-refractivity contribution >= 4 is 15.9 Å². The fraction of sp³-hybridized carbons (Fsp3) is 0.533. The van der Waals surface area contributed by atoms with Gasteiger partial charge in [0.25, 0.3) is 0 Å². The molecule has 5 nitrogen and oxygen atoms in total. The Balaban J connectivity index is 2.23. The highest BCUT2D eigenvalue weighted by atomic mass is 32.2. The number of nitrogens with zero attached hydrogens (tertiary/aromatic N) is 2. The standard InChI is InChI=1S/C15H22N2O3S/c1-12-7-4-5-8-13(12)11-21(19,20)17-10-6-9-14(17)15(18)16(2)3/h4-5,7-8,14H,6,9-11H2,1-3H3/t14-/m1/s1. The van der Waals surface area contributed by atoms with Crippen molar-refractivity contribution in [2.24, 2.45) is 0 Å². The summed E-state index contributed by atoms with van der Waals surface area (Å²) in [5.74, 6) is -0.183. The maximum atomic E-state index is 12.6. The predicted molar refractivity (Wildman–Crippen MR) is 82.2 cm³/mol. The van der Waals surface area contributed by atoms with Crippen LogP contribution in [0.2, 0.25) is 0 Å². The van der Waals surface area contributed by atoms with Gasteiger partial charge < -0.3 is 4.90 Å². The van der Waals surface area contributed by atoms with Crippen LogP contribution in [0.15, 0.2) is 24.3 Å². The van der Waals surface area contributed by atoms with Gasteiger partial charge in [0.05, 0.1) is 5.75 Å². The molecule has 1 atom stereocenters. The fourth-order valence-corrected chi connectivity index (χ4v) is 4.54. The molecule has 21 heavy (non-hydrogen) atoms. The molecule has 2 rings (SSSR count). The average Bonchev–Trinajstić information content (AvgIpc) is 2.90. The number of aryl methyl sites for hydroxylation is 1. The Labute approximate surface area is 126 Å². The van der Waals surface area contributed by atoms with Gasteiger partial charge in [-0.15, -0.1) is 0 Å². The molecular formula is C15H22N2O3S. The first-order valence-electron chi connectivity index (χ1n) is 7.08. The van der Waals surface area contributed by atoms with E-state index in [2.05, 4.69) is 0 Å². The Hall–Kier alpha value is -1.40. The number of benzene rings is 1. The number of hydrogen-bond donors (Lipinski definition) is 0. The van der Waals surface area contributed by atoms with E-state index in [1.165, 1.54) is 9.21 Å². The summed E-state index contributed by atoms with van der Waals surface area (Å²) in [6.45, 7) is 2.33. The normalized spacial score (nSPS) is 19.7. The lowest BCUT2D eigenvalue weighted by Crippen LogP contribution is -2.45. The van der Waals surface area contributed by atoms with Gasteiger partial charge in [-0.3, -0.25) is 4.79 Å². The van der Waals surface area contributed by atoms with E-state index >= 15 is 0 Å². The molecule has 116 valence electrons. The molecule has 0 bridgehead atoms. The van der Waals surface area contributed by atoms with Gasteiger partial charge in [-0.25, -0.2) is 8.42 Å². The monoisotopic (exact) mass is 310 g/mol. The van der Waals surface area contributed by atoms with Crippen molar-refractivity contribution in [2.45, 2.75) is 31.6 Å². The van der Waals surface area contributed by atoms with Crippen LogP contribution in [0.5, 0.6) is 0 Å². The molecule has 0 N–H and O–H groups in total. The summed E-state index contributed by atoms with van der Waals surface area (Å²) in [7, 11) is -0.158. The lowest BCUT2D eigenvalue weighted by Gasteiger charge is -2.25. The minimum absolute atomic E-state index is 0.0448. The van der Waals surface area contributed by atoms with Crippen molar-refractivity contribution in [2.75, 3.05) is 20.6 Å². The van der Waals surface area contributed by atoms with Crippen LogP contribution in [0.1, 0.15) is 24.0 Å². The van der Waals surface area contributed by atoms with Crippen LogP contribution in [0, 0.1) is 6.92 Å². The van der Waals surface area contributed by atoms with E-state index in [-0.39, 0.29) is 11.7 Å². The molecule has 0 aromatic heterocycles. The third kappa shape index (κ3) is 3.44. The Morgan fingerprint density at radius 3 is 2.62 bits per heavy atom. The Kier molecular flexibility index (Phi) is 4.68. The smallest absolute Gasteiger partial charge is 0.240 e. The zero-order chi connectivity index (χ0) is 15.6. The Bertz CT molecular complexity index is 626. The SMILES string of the molecule is Cc1ccccc1CS(=O)(=O)N1CCC[C@@H]1C(=O)N(C)C. The number of sulfonamides is 1. The first kappa shape index (κ1) is 16.0. The van der Waals surface area contributed by atoms with Gasteiger partial charge in [0.15, 0.2) is 0 Å². The van der Waals surface area contributed by atoms with Gasteiger partial charge in [-0.1, -0.05) is 24.3 Å². The molecule has 1 heterocycles. The zero-order valence-corrected chi connectivity index (χ0v) is 13.6. The Morgan fingerprint density at radius 2 is 2.00 bits per heavy atom. The molecule has 1 aliphatic rings. The molecular weight excluding hydrogens is 288 g/mol. The first-order valence-corrected chi connectivity index (χ1v) is 8.69. The van der Waals surface area contributed by atoms with E-state index in [1.54, 1.807) is 14.1 Å². The van der Waals surface area contributed by atoms with E-state index in [4.69, 9.17) is 0 Å². The highest BCUT2D eigenvalue weighted by Crippen LogP contribution is 2.25. The van der Waals surface area contributed by atoms with Crippen molar-refractivity contribution < 1.29 is 13.2 Å². The van der Waals surface area contributed by atoms with Gasteiger partial charge in [0.2, 0.25) is 15.9 Å². The Morgan fingerprint density at radius 1 is 1.33 bits per heavy atom. The molecule has 6 heteroatoms. The quantitative estimate of drug-likeness (QED) is 0.844. The van der Waals surface area contributed by atoms with E-state index in [9.17, 15) is 13.2 Å². The third-order valence-electron chi connectivity index (χ3n) is 3.89. The van der Waals surface area contributed by atoms with Crippen molar-refractivity contribution in [3.8, 4) is 0 Å². The van der Waals surface area contributed by atoms with Crippen LogP contribution in [0.3, 0.4) is 0 Å². The van der Waals surface area contributed by atoms with E-state index in [0.29, 0.717) is 13.0 Å². The molecule has 0 spiro atoms. The van der Waals surface area contributed by atoms with Crippen LogP contribution in [-0.2, 0) is 20.6 Å². The molecule has 0 aliphatic carbocycles. The number of carbonyl (C=O) groups excluding carboxylic acids is 1. The van der Waals surface area contributed by atoms with Crippen molar-refractivity contribution in [3.05, 3.63) is 35.4 Å². The van der Waals surface area contributed by atoms with Crippen LogP contribution >= 0.6 is 0 Å². The summed E-state index contributed by atoms with van der Waals surface area (Å²) in [6, 6.07) is 6.90. The lowest BCUT2D eigenvalue weighted by molar-refractivity contribution is -0.132. The maximum Gasteiger partial charge on any atom is 0.240 e. The summed E-state index contributed by atoms with van der Waals surface area (Å²) in [6.07, 6.45) is 1.33. The van der Waals surface area contributed by atoms with Crippen molar-refractivity contribution in [1.82, 2.24) is 9.21 Å². The van der Waals surface area contributed by atoms with Gasteiger partial charge in [0.1, 0.15) is 6.04 Å². The average molecular weight is 310 g/mol. The third-order valence-corrected chi connectivity index (χ3v) is 5.71. The van der Waals surface area contributed by atoms with Crippen LogP contribution in [0.25, 0.3) is 0 Å². The molecule has 1 aromatic rings. The maximum absolute atomic E-state index is 12.6. The lowest BCUT2D eigenvalue weighted by atomic mass is 10.1. The van der Waals surface area contributed by atoms with Crippen molar-refractivity contribution in [3.63, 3.8) is 0 Å². The molecule has 1 amide bonds. The molecule has 0 unspecified atom stereocenters. The summed E-state index contributed by atoms with van der Waals surface area (Å²) in [5, 5.41) is 0. The second-order valence-electron chi connectivity index (χ2n) is 5.68. The summed E-state index contributed by atoms with van der Waals surface area (Å²) in [5.41, 5.74) is 1.75. The molecule has 1 saturated heterocycles. The predicted octanol–water partition coefficient (Wildman–Crippen LogP) is 1.38. The molecule has 1 aliphatic heterocycles.